The molecule has 0 radical (unpaired) electrons. The molecule has 0 N–H and O–H groups in total. The van der Waals surface area contributed by atoms with E-state index in [1.807, 2.05) is 12.1 Å². The summed E-state index contributed by atoms with van der Waals surface area (Å²) in [5.74, 6) is 5.45. The number of rotatable bonds is 1. The predicted octanol–water partition coefficient (Wildman–Crippen LogP) is 5.62. The average Bonchev–Trinajstić information content (AvgIpc) is 2.66. The van der Waals surface area contributed by atoms with Gasteiger partial charge in [0.15, 0.2) is 0 Å². The van der Waals surface area contributed by atoms with Gasteiger partial charge in [0.2, 0.25) is 0 Å². The highest BCUT2D eigenvalue weighted by molar-refractivity contribution is 6.06. The predicted molar refractivity (Wildman–Crippen MR) is 103 cm³/mol. The quantitative estimate of drug-likeness (QED) is 0.400. The maximum atomic E-state index is 5.59. The van der Waals surface area contributed by atoms with Crippen molar-refractivity contribution in [2.45, 2.75) is 0 Å². The number of hydrogen-bond donors (Lipinski definition) is 0. The summed E-state index contributed by atoms with van der Waals surface area (Å²) < 4.78 is 0. The van der Waals surface area contributed by atoms with Crippen LogP contribution in [0.4, 0.5) is 0 Å². The molecule has 0 amide bonds. The molecule has 0 fully saturated rings. The van der Waals surface area contributed by atoms with Crippen LogP contribution in [0.2, 0.25) is 0 Å². The smallest absolute Gasteiger partial charge is 0.0249 e. The van der Waals surface area contributed by atoms with Crippen molar-refractivity contribution in [3.63, 3.8) is 0 Å². The van der Waals surface area contributed by atoms with Crippen LogP contribution in [0.5, 0.6) is 0 Å². The normalized spacial score (nSPS) is 10.4. The molecule has 0 bridgehead atoms. The first-order valence-electron chi connectivity index (χ1n) is 7.79. The summed E-state index contributed by atoms with van der Waals surface area (Å²) >= 11 is 0. The minimum atomic E-state index is 0.888. The van der Waals surface area contributed by atoms with Gasteiger partial charge in [0.1, 0.15) is 0 Å². The Morgan fingerprint density at radius 3 is 1.42 bits per heavy atom. The first-order valence-corrected chi connectivity index (χ1v) is 7.79. The highest BCUT2D eigenvalue weighted by Crippen LogP contribution is 2.34. The molecular formula is C24H14. The number of fused-ring (bicyclic) bond motifs is 2. The fraction of sp³-hybridized carbons (Fsp3) is 0. The third kappa shape index (κ3) is 2.23. The summed E-state index contributed by atoms with van der Waals surface area (Å²) in [4.78, 5) is 0. The molecule has 4 rings (SSSR count). The van der Waals surface area contributed by atoms with Crippen molar-refractivity contribution in [1.82, 2.24) is 0 Å². The Bertz CT molecular complexity index is 1070. The molecule has 0 saturated carbocycles. The summed E-state index contributed by atoms with van der Waals surface area (Å²) in [6, 6.07) is 24.9. The Hall–Kier alpha value is -3.48. The lowest BCUT2D eigenvalue weighted by Crippen LogP contribution is -1.86. The van der Waals surface area contributed by atoms with Crippen molar-refractivity contribution in [2.24, 2.45) is 0 Å². The molecule has 0 heteroatoms. The van der Waals surface area contributed by atoms with Gasteiger partial charge in [-0.05, 0) is 56.9 Å². The van der Waals surface area contributed by atoms with Gasteiger partial charge in [-0.1, -0.05) is 60.4 Å². The van der Waals surface area contributed by atoms with E-state index in [0.717, 1.165) is 21.9 Å². The zero-order chi connectivity index (χ0) is 16.5. The van der Waals surface area contributed by atoms with Gasteiger partial charge in [-0.2, -0.15) is 0 Å². The molecule has 0 saturated heterocycles. The largest absolute Gasteiger partial charge is 0.115 e. The first kappa shape index (κ1) is 14.1. The highest BCUT2D eigenvalue weighted by atomic mass is 14.1. The van der Waals surface area contributed by atoms with Gasteiger partial charge >= 0.3 is 0 Å². The number of terminal acetylenes is 2. The summed E-state index contributed by atoms with van der Waals surface area (Å²) in [6.45, 7) is 0. The standard InChI is InChI=1S/C24H14/c1-3-17-11-13-19-7-5-9-21(23(19)15-17)22-10-6-8-20-14-12-18(4-2)16-24(20)22/h1-2,5-16H. The molecule has 24 heavy (non-hydrogen) atoms. The second-order valence-electron chi connectivity index (χ2n) is 5.77. The monoisotopic (exact) mass is 302 g/mol. The van der Waals surface area contributed by atoms with Crippen molar-refractivity contribution >= 4 is 21.5 Å². The summed E-state index contributed by atoms with van der Waals surface area (Å²) in [5.41, 5.74) is 4.12. The summed E-state index contributed by atoms with van der Waals surface area (Å²) in [7, 11) is 0. The third-order valence-electron chi connectivity index (χ3n) is 4.39. The second-order valence-corrected chi connectivity index (χ2v) is 5.77. The summed E-state index contributed by atoms with van der Waals surface area (Å²) in [6.07, 6.45) is 11.2. The van der Waals surface area contributed by atoms with Gasteiger partial charge in [0.05, 0.1) is 0 Å². The van der Waals surface area contributed by atoms with Crippen LogP contribution in [0.3, 0.4) is 0 Å². The molecular weight excluding hydrogens is 288 g/mol. The molecule has 0 unspecified atom stereocenters. The van der Waals surface area contributed by atoms with Gasteiger partial charge < -0.3 is 0 Å². The maximum absolute atomic E-state index is 5.59. The van der Waals surface area contributed by atoms with E-state index in [0.29, 0.717) is 0 Å². The molecule has 4 aromatic rings. The summed E-state index contributed by atoms with van der Waals surface area (Å²) in [5, 5.41) is 4.67. The molecule has 0 aromatic heterocycles. The van der Waals surface area contributed by atoms with E-state index in [9.17, 15) is 0 Å². The lowest BCUT2D eigenvalue weighted by atomic mass is 9.92. The van der Waals surface area contributed by atoms with Gasteiger partial charge in [0.25, 0.3) is 0 Å². The first-order chi connectivity index (χ1) is 11.8. The molecule has 4 aromatic carbocycles. The molecule has 0 aliphatic rings. The van der Waals surface area contributed by atoms with Crippen LogP contribution >= 0.6 is 0 Å². The molecule has 0 nitrogen and oxygen atoms in total. The van der Waals surface area contributed by atoms with Crippen molar-refractivity contribution < 1.29 is 0 Å². The number of benzene rings is 4. The third-order valence-corrected chi connectivity index (χ3v) is 4.39. The van der Waals surface area contributed by atoms with E-state index < -0.39 is 0 Å². The van der Waals surface area contributed by atoms with E-state index >= 15 is 0 Å². The van der Waals surface area contributed by atoms with Crippen LogP contribution in [-0.2, 0) is 0 Å². The SMILES string of the molecule is C#Cc1ccc2cccc(-c3cccc4ccc(C#C)cc34)c2c1. The molecule has 0 spiro atoms. The van der Waals surface area contributed by atoms with Crippen molar-refractivity contribution in [1.29, 1.82) is 0 Å². The fourth-order valence-electron chi connectivity index (χ4n) is 3.19. The van der Waals surface area contributed by atoms with Gasteiger partial charge in [0, 0.05) is 11.1 Å². The molecule has 0 atom stereocenters. The van der Waals surface area contributed by atoms with E-state index in [1.54, 1.807) is 0 Å². The van der Waals surface area contributed by atoms with Crippen LogP contribution < -0.4 is 0 Å². The van der Waals surface area contributed by atoms with Crippen molar-refractivity contribution in [3.8, 4) is 35.8 Å². The van der Waals surface area contributed by atoms with Crippen LogP contribution in [0.1, 0.15) is 11.1 Å². The van der Waals surface area contributed by atoms with E-state index in [4.69, 9.17) is 12.8 Å². The van der Waals surface area contributed by atoms with Crippen molar-refractivity contribution in [2.75, 3.05) is 0 Å². The average molecular weight is 302 g/mol. The minimum absolute atomic E-state index is 0.888. The van der Waals surface area contributed by atoms with Gasteiger partial charge in [-0.3, -0.25) is 0 Å². The molecule has 0 aliphatic carbocycles. The number of hydrogen-bond acceptors (Lipinski definition) is 0. The zero-order valence-corrected chi connectivity index (χ0v) is 13.1. The van der Waals surface area contributed by atoms with Crippen LogP contribution in [0, 0.1) is 24.7 Å². The Morgan fingerprint density at radius 1 is 0.542 bits per heavy atom. The van der Waals surface area contributed by atoms with E-state index in [-0.39, 0.29) is 0 Å². The van der Waals surface area contributed by atoms with Crippen LogP contribution in [0.15, 0.2) is 72.8 Å². The maximum Gasteiger partial charge on any atom is 0.0249 e. The molecule has 0 aliphatic heterocycles. The molecule has 0 heterocycles. The Balaban J connectivity index is 2.10. The van der Waals surface area contributed by atoms with Crippen molar-refractivity contribution in [3.05, 3.63) is 83.9 Å². The topological polar surface area (TPSA) is 0 Å². The lowest BCUT2D eigenvalue weighted by molar-refractivity contribution is 1.65. The zero-order valence-electron chi connectivity index (χ0n) is 13.1. The Kier molecular flexibility index (Phi) is 3.31. The van der Waals surface area contributed by atoms with E-state index in [1.165, 1.54) is 21.9 Å². The second kappa shape index (κ2) is 5.62. The minimum Gasteiger partial charge on any atom is -0.115 e. The van der Waals surface area contributed by atoms with Gasteiger partial charge in [-0.25, -0.2) is 0 Å². The lowest BCUT2D eigenvalue weighted by Gasteiger charge is -2.11. The van der Waals surface area contributed by atoms with E-state index in [2.05, 4.69) is 72.5 Å². The highest BCUT2D eigenvalue weighted by Gasteiger charge is 2.08. The van der Waals surface area contributed by atoms with Gasteiger partial charge in [-0.15, -0.1) is 12.8 Å². The van der Waals surface area contributed by atoms with Crippen LogP contribution in [0.25, 0.3) is 32.7 Å². The Labute approximate surface area is 141 Å². The Morgan fingerprint density at radius 2 is 1.00 bits per heavy atom. The fourth-order valence-corrected chi connectivity index (χ4v) is 3.19. The van der Waals surface area contributed by atoms with Crippen LogP contribution in [-0.4, -0.2) is 0 Å². The molecule has 110 valence electrons.